The average molecular weight is 343 g/mol. The fraction of sp³-hybridized carbons (Fsp3) is 0.444. The van der Waals surface area contributed by atoms with Crippen LogP contribution >= 0.6 is 0 Å². The molecular formula is C18H21N3O4. The summed E-state index contributed by atoms with van der Waals surface area (Å²) in [6, 6.07) is 7.27. The predicted molar refractivity (Wildman–Crippen MR) is 89.5 cm³/mol. The van der Waals surface area contributed by atoms with Crippen molar-refractivity contribution >= 4 is 17.9 Å². The van der Waals surface area contributed by atoms with Crippen LogP contribution in [0.25, 0.3) is 0 Å². The predicted octanol–water partition coefficient (Wildman–Crippen LogP) is 2.12. The van der Waals surface area contributed by atoms with Crippen LogP contribution in [0.2, 0.25) is 0 Å². The number of hydrogen-bond donors (Lipinski definition) is 2. The van der Waals surface area contributed by atoms with Gasteiger partial charge in [0.15, 0.2) is 6.61 Å². The number of carbonyl (C=O) groups excluding carboxylic acids is 3. The maximum Gasteiger partial charge on any atom is 0.338 e. The standard InChI is InChI=1S/C18H21N3O4/c1-12-4-2-3-5-15(12)20-18(24)21-16(22)11-25-17(23)14-8-6-13(10-19)7-9-14/h6-9,12,15H,2-5,11H2,1H3,(H2,20,21,22,24)/t12-,15-/m1/s1. The molecule has 0 saturated heterocycles. The van der Waals surface area contributed by atoms with Crippen molar-refractivity contribution in [1.29, 1.82) is 5.26 Å². The molecule has 0 spiro atoms. The van der Waals surface area contributed by atoms with Crippen LogP contribution in [0.5, 0.6) is 0 Å². The first kappa shape index (κ1) is 18.5. The second kappa shape index (κ2) is 8.83. The lowest BCUT2D eigenvalue weighted by molar-refractivity contribution is -0.123. The minimum atomic E-state index is -0.694. The molecule has 1 aromatic carbocycles. The third-order valence-corrected chi connectivity index (χ3v) is 4.26. The molecule has 1 aliphatic carbocycles. The second-order valence-corrected chi connectivity index (χ2v) is 6.16. The Labute approximate surface area is 146 Å². The van der Waals surface area contributed by atoms with E-state index in [9.17, 15) is 14.4 Å². The first-order chi connectivity index (χ1) is 12.0. The normalized spacial score (nSPS) is 19.4. The number of nitriles is 1. The molecule has 7 nitrogen and oxygen atoms in total. The van der Waals surface area contributed by atoms with Gasteiger partial charge in [-0.1, -0.05) is 19.8 Å². The topological polar surface area (TPSA) is 108 Å². The summed E-state index contributed by atoms with van der Waals surface area (Å²) in [5, 5.41) is 13.7. The molecule has 0 radical (unpaired) electrons. The molecule has 0 aliphatic heterocycles. The van der Waals surface area contributed by atoms with E-state index in [1.807, 2.05) is 6.07 Å². The molecule has 1 aliphatic rings. The van der Waals surface area contributed by atoms with Crippen molar-refractivity contribution in [2.24, 2.45) is 5.92 Å². The van der Waals surface area contributed by atoms with Gasteiger partial charge in [0, 0.05) is 6.04 Å². The Morgan fingerprint density at radius 2 is 1.88 bits per heavy atom. The molecule has 0 heterocycles. The lowest BCUT2D eigenvalue weighted by Gasteiger charge is -2.29. The lowest BCUT2D eigenvalue weighted by Crippen LogP contribution is -2.48. The molecule has 3 amide bonds. The van der Waals surface area contributed by atoms with E-state index in [1.54, 1.807) is 0 Å². The zero-order valence-corrected chi connectivity index (χ0v) is 14.1. The minimum absolute atomic E-state index is 0.0581. The maximum absolute atomic E-state index is 11.8. The number of benzene rings is 1. The molecule has 0 unspecified atom stereocenters. The highest BCUT2D eigenvalue weighted by Crippen LogP contribution is 2.23. The van der Waals surface area contributed by atoms with Gasteiger partial charge in [-0.2, -0.15) is 5.26 Å². The van der Waals surface area contributed by atoms with Crippen LogP contribution in [0.1, 0.15) is 48.5 Å². The van der Waals surface area contributed by atoms with Crippen LogP contribution in [0.3, 0.4) is 0 Å². The highest BCUT2D eigenvalue weighted by Gasteiger charge is 2.23. The molecule has 7 heteroatoms. The molecule has 1 aromatic rings. The quantitative estimate of drug-likeness (QED) is 0.814. The number of rotatable bonds is 4. The molecule has 0 aromatic heterocycles. The van der Waals surface area contributed by atoms with E-state index < -0.39 is 24.5 Å². The molecule has 2 atom stereocenters. The maximum atomic E-state index is 11.8. The Morgan fingerprint density at radius 1 is 1.20 bits per heavy atom. The summed E-state index contributed by atoms with van der Waals surface area (Å²) in [5.74, 6) is -1.01. The number of nitrogens with zero attached hydrogens (tertiary/aromatic N) is 1. The van der Waals surface area contributed by atoms with E-state index in [0.717, 1.165) is 25.7 Å². The van der Waals surface area contributed by atoms with E-state index >= 15 is 0 Å². The summed E-state index contributed by atoms with van der Waals surface area (Å²) >= 11 is 0. The van der Waals surface area contributed by atoms with Crippen molar-refractivity contribution in [3.05, 3.63) is 35.4 Å². The average Bonchev–Trinajstić information content (AvgIpc) is 2.61. The van der Waals surface area contributed by atoms with Crippen LogP contribution in [-0.2, 0) is 9.53 Å². The van der Waals surface area contributed by atoms with Crippen molar-refractivity contribution < 1.29 is 19.1 Å². The molecule has 25 heavy (non-hydrogen) atoms. The smallest absolute Gasteiger partial charge is 0.338 e. The number of urea groups is 1. The van der Waals surface area contributed by atoms with E-state index in [0.29, 0.717) is 11.5 Å². The van der Waals surface area contributed by atoms with Crippen LogP contribution in [0, 0.1) is 17.2 Å². The summed E-state index contributed by atoms with van der Waals surface area (Å²) in [5.41, 5.74) is 0.648. The number of imide groups is 1. The van der Waals surface area contributed by atoms with Gasteiger partial charge in [-0.3, -0.25) is 10.1 Å². The van der Waals surface area contributed by atoms with Crippen LogP contribution in [-0.4, -0.2) is 30.6 Å². The zero-order chi connectivity index (χ0) is 18.2. The Balaban J connectivity index is 1.74. The van der Waals surface area contributed by atoms with Crippen LogP contribution < -0.4 is 10.6 Å². The minimum Gasteiger partial charge on any atom is -0.452 e. The first-order valence-corrected chi connectivity index (χ1v) is 8.27. The van der Waals surface area contributed by atoms with E-state index in [1.165, 1.54) is 24.3 Å². The van der Waals surface area contributed by atoms with Gasteiger partial charge >= 0.3 is 12.0 Å². The number of carbonyl (C=O) groups is 3. The van der Waals surface area contributed by atoms with Gasteiger partial charge in [-0.15, -0.1) is 0 Å². The Morgan fingerprint density at radius 3 is 2.52 bits per heavy atom. The highest BCUT2D eigenvalue weighted by atomic mass is 16.5. The van der Waals surface area contributed by atoms with E-state index in [4.69, 9.17) is 10.00 Å². The summed E-state index contributed by atoms with van der Waals surface area (Å²) < 4.78 is 4.86. The van der Waals surface area contributed by atoms with Crippen LogP contribution in [0.15, 0.2) is 24.3 Å². The molecule has 2 N–H and O–H groups in total. The van der Waals surface area contributed by atoms with Crippen molar-refractivity contribution in [2.75, 3.05) is 6.61 Å². The molecule has 132 valence electrons. The summed E-state index contributed by atoms with van der Waals surface area (Å²) in [6.45, 7) is 1.53. The van der Waals surface area contributed by atoms with E-state index in [-0.39, 0.29) is 11.6 Å². The van der Waals surface area contributed by atoms with Gasteiger partial charge in [-0.25, -0.2) is 9.59 Å². The molecular weight excluding hydrogens is 322 g/mol. The van der Waals surface area contributed by atoms with Crippen molar-refractivity contribution in [3.63, 3.8) is 0 Å². The zero-order valence-electron chi connectivity index (χ0n) is 14.1. The number of hydrogen-bond acceptors (Lipinski definition) is 5. The number of amides is 3. The molecule has 2 rings (SSSR count). The van der Waals surface area contributed by atoms with Crippen molar-refractivity contribution in [1.82, 2.24) is 10.6 Å². The van der Waals surface area contributed by atoms with Gasteiger partial charge in [0.25, 0.3) is 5.91 Å². The second-order valence-electron chi connectivity index (χ2n) is 6.16. The number of nitrogens with one attached hydrogen (secondary N) is 2. The van der Waals surface area contributed by atoms with Gasteiger partial charge < -0.3 is 10.1 Å². The summed E-state index contributed by atoms with van der Waals surface area (Å²) in [6.07, 6.45) is 4.17. The fourth-order valence-electron chi connectivity index (χ4n) is 2.79. The van der Waals surface area contributed by atoms with Gasteiger partial charge in [-0.05, 0) is 43.0 Å². The SMILES string of the molecule is C[C@@H]1CCCC[C@H]1NC(=O)NC(=O)COC(=O)c1ccc(C#N)cc1. The van der Waals surface area contributed by atoms with Crippen LogP contribution in [0.4, 0.5) is 4.79 Å². The Bertz CT molecular complexity index is 679. The summed E-state index contributed by atoms with van der Waals surface area (Å²) in [7, 11) is 0. The lowest BCUT2D eigenvalue weighted by atomic mass is 9.86. The molecule has 1 fully saturated rings. The van der Waals surface area contributed by atoms with Crippen molar-refractivity contribution in [2.45, 2.75) is 38.6 Å². The largest absolute Gasteiger partial charge is 0.452 e. The van der Waals surface area contributed by atoms with Gasteiger partial charge in [0.05, 0.1) is 17.2 Å². The fourth-order valence-corrected chi connectivity index (χ4v) is 2.79. The molecule has 0 bridgehead atoms. The Hall–Kier alpha value is -2.88. The molecule has 1 saturated carbocycles. The third-order valence-electron chi connectivity index (χ3n) is 4.26. The van der Waals surface area contributed by atoms with Crippen molar-refractivity contribution in [3.8, 4) is 6.07 Å². The summed E-state index contributed by atoms with van der Waals surface area (Å²) in [4.78, 5) is 35.4. The third kappa shape index (κ3) is 5.60. The van der Waals surface area contributed by atoms with Gasteiger partial charge in [0.1, 0.15) is 0 Å². The Kier molecular flexibility index (Phi) is 6.52. The highest BCUT2D eigenvalue weighted by molar-refractivity contribution is 5.97. The van der Waals surface area contributed by atoms with Gasteiger partial charge in [0.2, 0.25) is 0 Å². The first-order valence-electron chi connectivity index (χ1n) is 8.27. The monoisotopic (exact) mass is 343 g/mol. The number of ether oxygens (including phenoxy) is 1. The number of esters is 1. The van der Waals surface area contributed by atoms with E-state index in [2.05, 4.69) is 17.6 Å².